The highest BCUT2D eigenvalue weighted by Gasteiger charge is 1.97. The van der Waals surface area contributed by atoms with E-state index in [2.05, 4.69) is 10.5 Å². The summed E-state index contributed by atoms with van der Waals surface area (Å²) in [7, 11) is 0. The second-order valence-electron chi connectivity index (χ2n) is 4.21. The van der Waals surface area contributed by atoms with E-state index in [1.165, 1.54) is 0 Å². The lowest BCUT2D eigenvalue weighted by Gasteiger charge is -2.04. The van der Waals surface area contributed by atoms with Crippen LogP contribution in [0, 0.1) is 0 Å². The molecular formula is C15H15ClN2O. The predicted octanol–water partition coefficient (Wildman–Crippen LogP) is 3.56. The van der Waals surface area contributed by atoms with E-state index < -0.39 is 0 Å². The molecule has 2 rings (SSSR count). The van der Waals surface area contributed by atoms with Crippen LogP contribution in [0.4, 0.5) is 0 Å². The molecule has 0 saturated heterocycles. The van der Waals surface area contributed by atoms with E-state index in [1.807, 2.05) is 43.3 Å². The zero-order valence-corrected chi connectivity index (χ0v) is 11.4. The molecule has 0 aliphatic rings. The molecule has 19 heavy (non-hydrogen) atoms. The summed E-state index contributed by atoms with van der Waals surface area (Å²) in [5, 5.41) is 14.2. The highest BCUT2D eigenvalue weighted by molar-refractivity contribution is 6.30. The smallest absolute Gasteiger partial charge is 0.115 e. The number of benzene rings is 2. The molecule has 0 unspecified atom stereocenters. The number of hydrazone groups is 1. The molecular weight excluding hydrogens is 260 g/mol. The summed E-state index contributed by atoms with van der Waals surface area (Å²) in [5.74, 6) is 0.255. The highest BCUT2D eigenvalue weighted by Crippen LogP contribution is 2.11. The van der Waals surface area contributed by atoms with Crippen molar-refractivity contribution in [1.29, 1.82) is 0 Å². The molecule has 4 heteroatoms. The van der Waals surface area contributed by atoms with Gasteiger partial charge in [-0.2, -0.15) is 5.10 Å². The molecule has 2 aromatic carbocycles. The number of phenolic OH excluding ortho intramolecular Hbond substituents is 1. The van der Waals surface area contributed by atoms with Crippen molar-refractivity contribution in [3.63, 3.8) is 0 Å². The van der Waals surface area contributed by atoms with Gasteiger partial charge in [-0.15, -0.1) is 0 Å². The van der Waals surface area contributed by atoms with Crippen LogP contribution in [0.15, 0.2) is 53.6 Å². The monoisotopic (exact) mass is 274 g/mol. The number of nitrogens with one attached hydrogen (secondary N) is 1. The molecule has 0 aliphatic heterocycles. The fraction of sp³-hybridized carbons (Fsp3) is 0.133. The fourth-order valence-electron chi connectivity index (χ4n) is 1.62. The SMILES string of the molecule is C/C(=N/NCc1ccc(Cl)cc1)c1ccc(O)cc1. The Balaban J connectivity index is 1.95. The zero-order valence-electron chi connectivity index (χ0n) is 10.6. The van der Waals surface area contributed by atoms with E-state index in [-0.39, 0.29) is 5.75 Å². The Bertz CT molecular complexity index is 562. The van der Waals surface area contributed by atoms with E-state index in [4.69, 9.17) is 11.6 Å². The normalized spacial score (nSPS) is 11.4. The van der Waals surface area contributed by atoms with Gasteiger partial charge in [0, 0.05) is 5.02 Å². The van der Waals surface area contributed by atoms with E-state index in [1.54, 1.807) is 12.1 Å². The zero-order chi connectivity index (χ0) is 13.7. The van der Waals surface area contributed by atoms with Crippen molar-refractivity contribution >= 4 is 17.3 Å². The van der Waals surface area contributed by atoms with Crippen molar-refractivity contribution in [2.45, 2.75) is 13.5 Å². The lowest BCUT2D eigenvalue weighted by molar-refractivity contribution is 0.475. The second kappa shape index (κ2) is 6.25. The molecule has 0 atom stereocenters. The van der Waals surface area contributed by atoms with Crippen molar-refractivity contribution in [3.05, 3.63) is 64.7 Å². The maximum atomic E-state index is 9.22. The van der Waals surface area contributed by atoms with Gasteiger partial charge in [0.1, 0.15) is 5.75 Å². The summed E-state index contributed by atoms with van der Waals surface area (Å²) in [5.41, 5.74) is 5.98. The highest BCUT2D eigenvalue weighted by atomic mass is 35.5. The minimum Gasteiger partial charge on any atom is -0.508 e. The number of phenols is 1. The van der Waals surface area contributed by atoms with Gasteiger partial charge in [0.15, 0.2) is 0 Å². The first-order valence-corrected chi connectivity index (χ1v) is 6.34. The minimum atomic E-state index is 0.255. The van der Waals surface area contributed by atoms with Crippen LogP contribution in [0.1, 0.15) is 18.1 Å². The van der Waals surface area contributed by atoms with Crippen LogP contribution >= 0.6 is 11.6 Å². The number of aromatic hydroxyl groups is 1. The Hall–Kier alpha value is -2.00. The molecule has 98 valence electrons. The van der Waals surface area contributed by atoms with Crippen LogP contribution < -0.4 is 5.43 Å². The van der Waals surface area contributed by atoms with E-state index in [9.17, 15) is 5.11 Å². The van der Waals surface area contributed by atoms with Gasteiger partial charge in [-0.1, -0.05) is 23.7 Å². The number of hydrogen-bond donors (Lipinski definition) is 2. The van der Waals surface area contributed by atoms with Gasteiger partial charge in [0.05, 0.1) is 12.3 Å². The molecule has 0 amide bonds. The first kappa shape index (κ1) is 13.4. The fourth-order valence-corrected chi connectivity index (χ4v) is 1.74. The molecule has 0 bridgehead atoms. The van der Waals surface area contributed by atoms with Gasteiger partial charge >= 0.3 is 0 Å². The van der Waals surface area contributed by atoms with Gasteiger partial charge in [0.2, 0.25) is 0 Å². The standard InChI is InChI=1S/C15H15ClN2O/c1-11(13-4-8-15(19)9-5-13)18-17-10-12-2-6-14(16)7-3-12/h2-9,17,19H,10H2,1H3/b18-11-. The Morgan fingerprint density at radius 3 is 2.37 bits per heavy atom. The van der Waals surface area contributed by atoms with Crippen molar-refractivity contribution in [1.82, 2.24) is 5.43 Å². The minimum absolute atomic E-state index is 0.255. The molecule has 0 fully saturated rings. The third-order valence-electron chi connectivity index (χ3n) is 2.73. The molecule has 2 N–H and O–H groups in total. The molecule has 0 saturated carbocycles. The summed E-state index contributed by atoms with van der Waals surface area (Å²) < 4.78 is 0. The van der Waals surface area contributed by atoms with Gasteiger partial charge in [0.25, 0.3) is 0 Å². The van der Waals surface area contributed by atoms with Crippen LogP contribution in [0.3, 0.4) is 0 Å². The lowest BCUT2D eigenvalue weighted by atomic mass is 10.1. The summed E-state index contributed by atoms with van der Waals surface area (Å²) >= 11 is 5.82. The lowest BCUT2D eigenvalue weighted by Crippen LogP contribution is -2.09. The molecule has 0 spiro atoms. The third-order valence-corrected chi connectivity index (χ3v) is 2.98. The van der Waals surface area contributed by atoms with E-state index in [0.29, 0.717) is 6.54 Å². The Morgan fingerprint density at radius 2 is 1.74 bits per heavy atom. The molecule has 0 radical (unpaired) electrons. The van der Waals surface area contributed by atoms with Gasteiger partial charge < -0.3 is 10.5 Å². The number of rotatable bonds is 4. The molecule has 0 aliphatic carbocycles. The van der Waals surface area contributed by atoms with Crippen LogP contribution in [-0.4, -0.2) is 10.8 Å². The van der Waals surface area contributed by atoms with E-state index in [0.717, 1.165) is 21.9 Å². The summed E-state index contributed by atoms with van der Waals surface area (Å²) in [4.78, 5) is 0. The first-order valence-electron chi connectivity index (χ1n) is 5.96. The summed E-state index contributed by atoms with van der Waals surface area (Å²) in [6, 6.07) is 14.6. The van der Waals surface area contributed by atoms with E-state index >= 15 is 0 Å². The summed E-state index contributed by atoms with van der Waals surface area (Å²) in [6.45, 7) is 2.56. The van der Waals surface area contributed by atoms with Crippen LogP contribution in [-0.2, 0) is 6.54 Å². The van der Waals surface area contributed by atoms with Crippen molar-refractivity contribution < 1.29 is 5.11 Å². The predicted molar refractivity (Wildman–Crippen MR) is 78.6 cm³/mol. The van der Waals surface area contributed by atoms with Crippen molar-refractivity contribution in [2.75, 3.05) is 0 Å². The van der Waals surface area contributed by atoms with Gasteiger partial charge in [-0.3, -0.25) is 0 Å². The average Bonchev–Trinajstić information content (AvgIpc) is 2.41. The van der Waals surface area contributed by atoms with Crippen LogP contribution in [0.25, 0.3) is 0 Å². The largest absolute Gasteiger partial charge is 0.508 e. The maximum Gasteiger partial charge on any atom is 0.115 e. The van der Waals surface area contributed by atoms with Gasteiger partial charge in [-0.05, 0) is 54.4 Å². The Morgan fingerprint density at radius 1 is 1.11 bits per heavy atom. The molecule has 0 aromatic heterocycles. The number of hydrogen-bond acceptors (Lipinski definition) is 3. The third kappa shape index (κ3) is 4.00. The maximum absolute atomic E-state index is 9.22. The first-order chi connectivity index (χ1) is 9.15. The average molecular weight is 275 g/mol. The summed E-state index contributed by atoms with van der Waals surface area (Å²) in [6.07, 6.45) is 0. The Kier molecular flexibility index (Phi) is 4.42. The van der Waals surface area contributed by atoms with Gasteiger partial charge in [-0.25, -0.2) is 0 Å². The number of halogens is 1. The van der Waals surface area contributed by atoms with Crippen molar-refractivity contribution in [2.24, 2.45) is 5.10 Å². The number of nitrogens with zero attached hydrogens (tertiary/aromatic N) is 1. The molecule has 2 aromatic rings. The van der Waals surface area contributed by atoms with Crippen molar-refractivity contribution in [3.8, 4) is 5.75 Å². The molecule has 3 nitrogen and oxygen atoms in total. The molecule has 0 heterocycles. The quantitative estimate of drug-likeness (QED) is 0.661. The Labute approximate surface area is 117 Å². The van der Waals surface area contributed by atoms with Crippen LogP contribution in [0.5, 0.6) is 5.75 Å². The second-order valence-corrected chi connectivity index (χ2v) is 4.64. The van der Waals surface area contributed by atoms with Crippen LogP contribution in [0.2, 0.25) is 5.02 Å². The topological polar surface area (TPSA) is 44.6 Å².